The van der Waals surface area contributed by atoms with E-state index in [-0.39, 0.29) is 11.8 Å². The second kappa shape index (κ2) is 6.23. The van der Waals surface area contributed by atoms with Crippen LogP contribution >= 0.6 is 0 Å². The van der Waals surface area contributed by atoms with Crippen molar-refractivity contribution in [3.63, 3.8) is 0 Å². The standard InChI is InChI=1S/C12H15F2NO/c1-3-9(2)15-8-10-4-6-11(7-5-10)16-12(13)14/h3-7,9,12,15H,1,8H2,2H3. The molecule has 0 aliphatic rings. The van der Waals surface area contributed by atoms with E-state index in [1.165, 1.54) is 12.1 Å². The third-order valence-electron chi connectivity index (χ3n) is 2.13. The van der Waals surface area contributed by atoms with Gasteiger partial charge in [0.25, 0.3) is 0 Å². The van der Waals surface area contributed by atoms with Gasteiger partial charge in [-0.25, -0.2) is 0 Å². The van der Waals surface area contributed by atoms with Gasteiger partial charge in [-0.05, 0) is 24.6 Å². The van der Waals surface area contributed by atoms with Gasteiger partial charge in [0.05, 0.1) is 0 Å². The number of hydrogen-bond acceptors (Lipinski definition) is 2. The molecule has 0 heterocycles. The average Bonchev–Trinajstić information content (AvgIpc) is 2.27. The van der Waals surface area contributed by atoms with E-state index in [4.69, 9.17) is 0 Å². The third-order valence-corrected chi connectivity index (χ3v) is 2.13. The van der Waals surface area contributed by atoms with Gasteiger partial charge in [0.15, 0.2) is 0 Å². The molecule has 0 aliphatic carbocycles. The van der Waals surface area contributed by atoms with E-state index >= 15 is 0 Å². The van der Waals surface area contributed by atoms with E-state index in [1.54, 1.807) is 18.2 Å². The van der Waals surface area contributed by atoms with E-state index < -0.39 is 6.61 Å². The van der Waals surface area contributed by atoms with Gasteiger partial charge >= 0.3 is 6.61 Å². The Balaban J connectivity index is 2.48. The molecule has 1 unspecified atom stereocenters. The van der Waals surface area contributed by atoms with Crippen molar-refractivity contribution in [2.75, 3.05) is 0 Å². The van der Waals surface area contributed by atoms with Crippen LogP contribution in [-0.4, -0.2) is 12.7 Å². The molecule has 0 saturated heterocycles. The Bertz CT molecular complexity index is 324. The first-order chi connectivity index (χ1) is 7.61. The second-order valence-electron chi connectivity index (χ2n) is 3.43. The van der Waals surface area contributed by atoms with Crippen LogP contribution in [0.15, 0.2) is 36.9 Å². The molecule has 0 saturated carbocycles. The predicted molar refractivity (Wildman–Crippen MR) is 59.6 cm³/mol. The molecule has 0 fully saturated rings. The van der Waals surface area contributed by atoms with Crippen LogP contribution in [0.25, 0.3) is 0 Å². The average molecular weight is 227 g/mol. The highest BCUT2D eigenvalue weighted by molar-refractivity contribution is 5.27. The first kappa shape index (κ1) is 12.6. The van der Waals surface area contributed by atoms with E-state index in [0.717, 1.165) is 5.56 Å². The van der Waals surface area contributed by atoms with Crippen LogP contribution in [0.4, 0.5) is 8.78 Å². The molecule has 0 spiro atoms. The molecule has 0 aliphatic heterocycles. The van der Waals surface area contributed by atoms with Crippen molar-refractivity contribution >= 4 is 0 Å². The Hall–Kier alpha value is -1.42. The summed E-state index contributed by atoms with van der Waals surface area (Å²) in [6, 6.07) is 6.78. The highest BCUT2D eigenvalue weighted by Gasteiger charge is 2.03. The number of benzene rings is 1. The third kappa shape index (κ3) is 4.40. The quantitative estimate of drug-likeness (QED) is 0.754. The van der Waals surface area contributed by atoms with Crippen molar-refractivity contribution in [3.05, 3.63) is 42.5 Å². The molecule has 88 valence electrons. The molecule has 0 amide bonds. The smallest absolute Gasteiger partial charge is 0.387 e. The highest BCUT2D eigenvalue weighted by Crippen LogP contribution is 2.14. The lowest BCUT2D eigenvalue weighted by molar-refractivity contribution is -0.0498. The van der Waals surface area contributed by atoms with Gasteiger partial charge in [-0.1, -0.05) is 18.2 Å². The number of nitrogens with one attached hydrogen (secondary N) is 1. The lowest BCUT2D eigenvalue weighted by atomic mass is 10.2. The fourth-order valence-electron chi connectivity index (χ4n) is 1.15. The van der Waals surface area contributed by atoms with E-state index in [1.807, 2.05) is 6.92 Å². The van der Waals surface area contributed by atoms with E-state index in [2.05, 4.69) is 16.6 Å². The summed E-state index contributed by atoms with van der Waals surface area (Å²) >= 11 is 0. The highest BCUT2D eigenvalue weighted by atomic mass is 19.3. The molecule has 1 aromatic carbocycles. The van der Waals surface area contributed by atoms with Crippen LogP contribution in [0.1, 0.15) is 12.5 Å². The molecule has 0 aromatic heterocycles. The minimum atomic E-state index is -2.77. The molecule has 2 nitrogen and oxygen atoms in total. The summed E-state index contributed by atoms with van der Waals surface area (Å²) in [5.74, 6) is 0.176. The zero-order valence-electron chi connectivity index (χ0n) is 9.12. The summed E-state index contributed by atoms with van der Waals surface area (Å²) in [7, 11) is 0. The van der Waals surface area contributed by atoms with Crippen LogP contribution in [0.2, 0.25) is 0 Å². The number of alkyl halides is 2. The van der Waals surface area contributed by atoms with Gasteiger partial charge < -0.3 is 10.1 Å². The Kier molecular flexibility index (Phi) is 4.92. The zero-order valence-corrected chi connectivity index (χ0v) is 9.12. The maximum atomic E-state index is 11.9. The molecule has 1 rings (SSSR count). The maximum absolute atomic E-state index is 11.9. The van der Waals surface area contributed by atoms with E-state index in [9.17, 15) is 8.78 Å². The zero-order chi connectivity index (χ0) is 12.0. The van der Waals surface area contributed by atoms with Gasteiger partial charge in [0.1, 0.15) is 5.75 Å². The Morgan fingerprint density at radius 2 is 2.00 bits per heavy atom. The van der Waals surface area contributed by atoms with Gasteiger partial charge in [0, 0.05) is 12.6 Å². The molecule has 1 N–H and O–H groups in total. The van der Waals surface area contributed by atoms with Crippen molar-refractivity contribution in [2.45, 2.75) is 26.1 Å². The van der Waals surface area contributed by atoms with Crippen molar-refractivity contribution in [1.29, 1.82) is 0 Å². The fourth-order valence-corrected chi connectivity index (χ4v) is 1.15. The number of halogens is 2. The Labute approximate surface area is 93.9 Å². The molecule has 0 radical (unpaired) electrons. The summed E-state index contributed by atoms with van der Waals surface area (Å²) in [6.07, 6.45) is 1.80. The molecule has 16 heavy (non-hydrogen) atoms. The maximum Gasteiger partial charge on any atom is 0.387 e. The van der Waals surface area contributed by atoms with Crippen LogP contribution in [0.5, 0.6) is 5.75 Å². The number of ether oxygens (including phenoxy) is 1. The summed E-state index contributed by atoms with van der Waals surface area (Å²) in [6.45, 7) is 3.54. The van der Waals surface area contributed by atoms with Gasteiger partial charge in [-0.2, -0.15) is 8.78 Å². The lowest BCUT2D eigenvalue weighted by Gasteiger charge is -2.09. The molecular formula is C12H15F2NO. The van der Waals surface area contributed by atoms with Gasteiger partial charge in [-0.15, -0.1) is 6.58 Å². The summed E-state index contributed by atoms with van der Waals surface area (Å²) in [5, 5.41) is 3.20. The van der Waals surface area contributed by atoms with Crippen molar-refractivity contribution in [2.24, 2.45) is 0 Å². The molecular weight excluding hydrogens is 212 g/mol. The number of hydrogen-bond donors (Lipinski definition) is 1. The Morgan fingerprint density at radius 1 is 1.38 bits per heavy atom. The monoisotopic (exact) mass is 227 g/mol. The first-order valence-corrected chi connectivity index (χ1v) is 5.01. The van der Waals surface area contributed by atoms with Crippen LogP contribution in [-0.2, 0) is 6.54 Å². The lowest BCUT2D eigenvalue weighted by Crippen LogP contribution is -2.22. The topological polar surface area (TPSA) is 21.3 Å². The Morgan fingerprint density at radius 3 is 2.50 bits per heavy atom. The van der Waals surface area contributed by atoms with Crippen molar-refractivity contribution in [3.8, 4) is 5.75 Å². The summed E-state index contributed by atoms with van der Waals surface area (Å²) in [4.78, 5) is 0. The van der Waals surface area contributed by atoms with Crippen LogP contribution in [0.3, 0.4) is 0 Å². The summed E-state index contributed by atoms with van der Waals surface area (Å²) in [5.41, 5.74) is 1.01. The second-order valence-corrected chi connectivity index (χ2v) is 3.43. The van der Waals surface area contributed by atoms with Gasteiger partial charge in [0.2, 0.25) is 0 Å². The number of rotatable bonds is 6. The van der Waals surface area contributed by atoms with Crippen LogP contribution in [0, 0.1) is 0 Å². The molecule has 1 atom stereocenters. The SMILES string of the molecule is C=CC(C)NCc1ccc(OC(F)F)cc1. The molecule has 1 aromatic rings. The molecule has 0 bridgehead atoms. The fraction of sp³-hybridized carbons (Fsp3) is 0.333. The summed E-state index contributed by atoms with van der Waals surface area (Å²) < 4.78 is 28.0. The van der Waals surface area contributed by atoms with Crippen molar-refractivity contribution < 1.29 is 13.5 Å². The normalized spacial score (nSPS) is 12.5. The largest absolute Gasteiger partial charge is 0.435 e. The minimum absolute atomic E-state index is 0.176. The first-order valence-electron chi connectivity index (χ1n) is 5.01. The molecule has 4 heteroatoms. The predicted octanol–water partition coefficient (Wildman–Crippen LogP) is 2.95. The van der Waals surface area contributed by atoms with Gasteiger partial charge in [-0.3, -0.25) is 0 Å². The van der Waals surface area contributed by atoms with E-state index in [0.29, 0.717) is 6.54 Å². The van der Waals surface area contributed by atoms with Crippen molar-refractivity contribution in [1.82, 2.24) is 5.32 Å². The minimum Gasteiger partial charge on any atom is -0.435 e. The van der Waals surface area contributed by atoms with Crippen LogP contribution < -0.4 is 10.1 Å².